The lowest BCUT2D eigenvalue weighted by Gasteiger charge is -2.10. The molecule has 0 unspecified atom stereocenters. The van der Waals surface area contributed by atoms with Crippen molar-refractivity contribution in [1.29, 1.82) is 0 Å². The lowest BCUT2D eigenvalue weighted by molar-refractivity contribution is 0.0992. The van der Waals surface area contributed by atoms with Gasteiger partial charge in [-0.1, -0.05) is 41.4 Å². The SMILES string of the molecule is CCOc1cc(Cl)c(C(=O)Cc2ccccc2F)cc1Cl. The third-order valence-electron chi connectivity index (χ3n) is 2.93. The summed E-state index contributed by atoms with van der Waals surface area (Å²) in [5.41, 5.74) is 0.581. The van der Waals surface area contributed by atoms with E-state index in [1.807, 2.05) is 6.92 Å². The van der Waals surface area contributed by atoms with E-state index in [2.05, 4.69) is 0 Å². The van der Waals surface area contributed by atoms with Crippen LogP contribution in [0.1, 0.15) is 22.8 Å². The smallest absolute Gasteiger partial charge is 0.168 e. The first-order valence-corrected chi connectivity index (χ1v) is 7.17. The Balaban J connectivity index is 2.28. The first kappa shape index (κ1) is 15.8. The van der Waals surface area contributed by atoms with Crippen molar-refractivity contribution in [3.05, 3.63) is 63.4 Å². The molecule has 2 aromatic carbocycles. The molecular formula is C16H13Cl2FO2. The quantitative estimate of drug-likeness (QED) is 0.726. The standard InChI is InChI=1S/C16H13Cl2FO2/c1-2-21-16-9-12(17)11(8-13(16)18)15(20)7-10-5-3-4-6-14(10)19/h3-6,8-9H,2,7H2,1H3. The van der Waals surface area contributed by atoms with E-state index < -0.39 is 5.82 Å². The van der Waals surface area contributed by atoms with Gasteiger partial charge in [0.15, 0.2) is 5.78 Å². The van der Waals surface area contributed by atoms with Crippen molar-refractivity contribution in [2.24, 2.45) is 0 Å². The minimum atomic E-state index is -0.418. The molecule has 5 heteroatoms. The van der Waals surface area contributed by atoms with E-state index in [1.54, 1.807) is 18.2 Å². The Bertz CT molecular complexity index is 671. The molecule has 110 valence electrons. The Hall–Kier alpha value is -1.58. The summed E-state index contributed by atoms with van der Waals surface area (Å²) in [4.78, 5) is 12.3. The molecule has 0 atom stereocenters. The Morgan fingerprint density at radius 1 is 1.19 bits per heavy atom. The number of rotatable bonds is 5. The van der Waals surface area contributed by atoms with E-state index in [0.717, 1.165) is 0 Å². The molecule has 0 bridgehead atoms. The molecule has 0 aliphatic carbocycles. The number of hydrogen-bond donors (Lipinski definition) is 0. The summed E-state index contributed by atoms with van der Waals surface area (Å²) in [5.74, 6) is -0.291. The second-order valence-electron chi connectivity index (χ2n) is 4.39. The van der Waals surface area contributed by atoms with Crippen molar-refractivity contribution in [1.82, 2.24) is 0 Å². The van der Waals surface area contributed by atoms with Crippen LogP contribution < -0.4 is 4.74 Å². The summed E-state index contributed by atoms with van der Waals surface area (Å²) in [6.07, 6.45) is -0.0727. The molecule has 0 heterocycles. The number of carbonyl (C=O) groups excluding carboxylic acids is 1. The van der Waals surface area contributed by atoms with Crippen molar-refractivity contribution < 1.29 is 13.9 Å². The van der Waals surface area contributed by atoms with Gasteiger partial charge >= 0.3 is 0 Å². The molecular weight excluding hydrogens is 314 g/mol. The van der Waals surface area contributed by atoms with Crippen LogP contribution in [0.2, 0.25) is 10.0 Å². The highest BCUT2D eigenvalue weighted by Gasteiger charge is 2.16. The van der Waals surface area contributed by atoms with Gasteiger partial charge in [0.1, 0.15) is 11.6 Å². The number of hydrogen-bond acceptors (Lipinski definition) is 2. The fourth-order valence-electron chi connectivity index (χ4n) is 1.92. The second-order valence-corrected chi connectivity index (χ2v) is 5.20. The maximum atomic E-state index is 13.6. The first-order chi connectivity index (χ1) is 10.0. The van der Waals surface area contributed by atoms with Crippen LogP contribution in [0.15, 0.2) is 36.4 Å². The Labute approximate surface area is 132 Å². The molecule has 0 aliphatic rings. The molecule has 0 saturated heterocycles. The molecule has 2 rings (SSSR count). The van der Waals surface area contributed by atoms with Crippen molar-refractivity contribution >= 4 is 29.0 Å². The third-order valence-corrected chi connectivity index (χ3v) is 3.54. The van der Waals surface area contributed by atoms with Gasteiger partial charge in [0.2, 0.25) is 0 Å². The Kier molecular flexibility index (Phi) is 5.21. The zero-order valence-electron chi connectivity index (χ0n) is 11.3. The van der Waals surface area contributed by atoms with Gasteiger partial charge in [-0.25, -0.2) is 4.39 Å². The molecule has 0 radical (unpaired) electrons. The molecule has 0 amide bonds. The first-order valence-electron chi connectivity index (χ1n) is 6.41. The maximum Gasteiger partial charge on any atom is 0.168 e. The minimum absolute atomic E-state index is 0.0727. The Morgan fingerprint density at radius 3 is 2.57 bits per heavy atom. The van der Waals surface area contributed by atoms with Gasteiger partial charge < -0.3 is 4.74 Å². The zero-order valence-corrected chi connectivity index (χ0v) is 12.8. The number of carbonyl (C=O) groups is 1. The summed E-state index contributed by atoms with van der Waals surface area (Å²) in [6, 6.07) is 9.09. The van der Waals surface area contributed by atoms with Gasteiger partial charge in [0.05, 0.1) is 16.7 Å². The zero-order chi connectivity index (χ0) is 15.4. The molecule has 0 fully saturated rings. The topological polar surface area (TPSA) is 26.3 Å². The molecule has 0 spiro atoms. The fourth-order valence-corrected chi connectivity index (χ4v) is 2.40. The van der Waals surface area contributed by atoms with Gasteiger partial charge in [-0.2, -0.15) is 0 Å². The normalized spacial score (nSPS) is 10.5. The molecule has 0 aliphatic heterocycles. The van der Waals surface area contributed by atoms with Crippen LogP contribution >= 0.6 is 23.2 Å². The van der Waals surface area contributed by atoms with Crippen molar-refractivity contribution in [2.75, 3.05) is 6.61 Å². The molecule has 2 nitrogen and oxygen atoms in total. The van der Waals surface area contributed by atoms with E-state index in [9.17, 15) is 9.18 Å². The number of Topliss-reactive ketones (excluding diaryl/α,β-unsaturated/α-hetero) is 1. The van der Waals surface area contributed by atoms with E-state index in [4.69, 9.17) is 27.9 Å². The van der Waals surface area contributed by atoms with Crippen molar-refractivity contribution in [3.63, 3.8) is 0 Å². The highest BCUT2D eigenvalue weighted by atomic mass is 35.5. The number of halogens is 3. The van der Waals surface area contributed by atoms with Gasteiger partial charge in [-0.15, -0.1) is 0 Å². The average Bonchev–Trinajstić information content (AvgIpc) is 2.45. The third kappa shape index (κ3) is 3.74. The van der Waals surface area contributed by atoms with Crippen molar-refractivity contribution in [2.45, 2.75) is 13.3 Å². The lowest BCUT2D eigenvalue weighted by Crippen LogP contribution is -2.06. The summed E-state index contributed by atoms with van der Waals surface area (Å²) in [5, 5.41) is 0.544. The van der Waals surface area contributed by atoms with E-state index in [0.29, 0.717) is 22.9 Å². The number of benzene rings is 2. The lowest BCUT2D eigenvalue weighted by atomic mass is 10.0. The summed E-state index contributed by atoms with van der Waals surface area (Å²) < 4.78 is 18.9. The summed E-state index contributed by atoms with van der Waals surface area (Å²) in [7, 11) is 0. The summed E-state index contributed by atoms with van der Waals surface area (Å²) in [6.45, 7) is 2.26. The van der Waals surface area contributed by atoms with Crippen LogP contribution in [0.3, 0.4) is 0 Å². The van der Waals surface area contributed by atoms with Crippen LogP contribution in [0, 0.1) is 5.82 Å². The molecule has 0 saturated carbocycles. The van der Waals surface area contributed by atoms with Gasteiger partial charge in [-0.3, -0.25) is 4.79 Å². The largest absolute Gasteiger partial charge is 0.492 e. The predicted octanol–water partition coefficient (Wildman–Crippen LogP) is 4.96. The molecule has 0 aromatic heterocycles. The molecule has 2 aromatic rings. The highest BCUT2D eigenvalue weighted by molar-refractivity contribution is 6.36. The molecule has 21 heavy (non-hydrogen) atoms. The van der Waals surface area contributed by atoms with E-state index >= 15 is 0 Å². The maximum absolute atomic E-state index is 13.6. The Morgan fingerprint density at radius 2 is 1.90 bits per heavy atom. The number of ether oxygens (including phenoxy) is 1. The summed E-state index contributed by atoms with van der Waals surface area (Å²) >= 11 is 12.1. The van der Waals surface area contributed by atoms with Crippen LogP contribution in [-0.4, -0.2) is 12.4 Å². The second kappa shape index (κ2) is 6.92. The predicted molar refractivity (Wildman–Crippen MR) is 82.1 cm³/mol. The number of ketones is 1. The van der Waals surface area contributed by atoms with E-state index in [1.165, 1.54) is 18.2 Å². The monoisotopic (exact) mass is 326 g/mol. The highest BCUT2D eigenvalue weighted by Crippen LogP contribution is 2.32. The van der Waals surface area contributed by atoms with Crippen LogP contribution in [0.4, 0.5) is 4.39 Å². The van der Waals surface area contributed by atoms with Crippen LogP contribution in [-0.2, 0) is 6.42 Å². The van der Waals surface area contributed by atoms with Crippen LogP contribution in [0.5, 0.6) is 5.75 Å². The van der Waals surface area contributed by atoms with Gasteiger partial charge in [-0.05, 0) is 24.6 Å². The fraction of sp³-hybridized carbons (Fsp3) is 0.188. The van der Waals surface area contributed by atoms with Crippen molar-refractivity contribution in [3.8, 4) is 5.75 Å². The molecule has 0 N–H and O–H groups in total. The van der Waals surface area contributed by atoms with Crippen LogP contribution in [0.25, 0.3) is 0 Å². The average molecular weight is 327 g/mol. The van der Waals surface area contributed by atoms with E-state index in [-0.39, 0.29) is 22.8 Å². The van der Waals surface area contributed by atoms with Gasteiger partial charge in [0.25, 0.3) is 0 Å². The minimum Gasteiger partial charge on any atom is -0.492 e. The van der Waals surface area contributed by atoms with Gasteiger partial charge in [0, 0.05) is 18.1 Å².